The third-order valence-electron chi connectivity index (χ3n) is 3.19. The summed E-state index contributed by atoms with van der Waals surface area (Å²) < 4.78 is 12.0. The number of hydrogen-bond acceptors (Lipinski definition) is 4. The summed E-state index contributed by atoms with van der Waals surface area (Å²) in [5.41, 5.74) is 4.31. The van der Waals surface area contributed by atoms with Gasteiger partial charge in [0.1, 0.15) is 11.5 Å². The van der Waals surface area contributed by atoms with Gasteiger partial charge >= 0.3 is 0 Å². The lowest BCUT2D eigenvalue weighted by atomic mass is 10.2. The van der Waals surface area contributed by atoms with E-state index in [4.69, 9.17) is 9.47 Å². The number of hydrogen-bond donors (Lipinski definition) is 1. The summed E-state index contributed by atoms with van der Waals surface area (Å²) in [5, 5.41) is 3.98. The minimum absolute atomic E-state index is 0.0987. The number of nitrogens with one attached hydrogen (secondary N) is 1. The van der Waals surface area contributed by atoms with Crippen LogP contribution in [0, 0.1) is 6.92 Å². The molecule has 0 bridgehead atoms. The Bertz CT molecular complexity index is 747. The lowest BCUT2D eigenvalue weighted by molar-refractivity contribution is -0.123. The Morgan fingerprint density at radius 1 is 1.24 bits per heavy atom. The number of carbonyl (C=O) groups is 1. The summed E-state index contributed by atoms with van der Waals surface area (Å²) in [6.07, 6.45) is 2.47. The van der Waals surface area contributed by atoms with Gasteiger partial charge in [-0.05, 0) is 49.2 Å². The summed E-state index contributed by atoms with van der Waals surface area (Å²) >= 11 is 3.42. The van der Waals surface area contributed by atoms with Gasteiger partial charge in [-0.15, -0.1) is 0 Å². The zero-order valence-corrected chi connectivity index (χ0v) is 15.9. The molecule has 2 aromatic carbocycles. The molecule has 1 N–H and O–H groups in total. The van der Waals surface area contributed by atoms with Crippen molar-refractivity contribution in [3.63, 3.8) is 0 Å². The van der Waals surface area contributed by atoms with Gasteiger partial charge in [0.2, 0.25) is 0 Å². The van der Waals surface area contributed by atoms with Gasteiger partial charge in [0.15, 0.2) is 6.61 Å². The van der Waals surface area contributed by atoms with Gasteiger partial charge in [-0.25, -0.2) is 5.43 Å². The van der Waals surface area contributed by atoms with Gasteiger partial charge in [-0.2, -0.15) is 5.10 Å². The van der Waals surface area contributed by atoms with Crippen LogP contribution < -0.4 is 14.9 Å². The highest BCUT2D eigenvalue weighted by Crippen LogP contribution is 2.22. The van der Waals surface area contributed by atoms with Crippen molar-refractivity contribution in [2.45, 2.75) is 20.3 Å². The van der Waals surface area contributed by atoms with Crippen molar-refractivity contribution in [3.05, 3.63) is 58.1 Å². The predicted molar refractivity (Wildman–Crippen MR) is 102 cm³/mol. The van der Waals surface area contributed by atoms with E-state index in [9.17, 15) is 4.79 Å². The van der Waals surface area contributed by atoms with Crippen LogP contribution in [0.1, 0.15) is 24.5 Å². The number of ether oxygens (including phenoxy) is 2. The van der Waals surface area contributed by atoms with Gasteiger partial charge in [0.25, 0.3) is 5.91 Å². The fourth-order valence-electron chi connectivity index (χ4n) is 2.02. The molecule has 1 amide bonds. The lowest BCUT2D eigenvalue weighted by Gasteiger charge is -2.08. The van der Waals surface area contributed by atoms with E-state index in [2.05, 4.69) is 26.5 Å². The zero-order valence-electron chi connectivity index (χ0n) is 14.3. The number of aryl methyl sites for hydroxylation is 1. The molecule has 0 spiro atoms. The van der Waals surface area contributed by atoms with Crippen molar-refractivity contribution >= 4 is 28.1 Å². The van der Waals surface area contributed by atoms with Crippen LogP contribution in [0.4, 0.5) is 0 Å². The minimum Gasteiger partial charge on any atom is -0.493 e. The summed E-state index contributed by atoms with van der Waals surface area (Å²) in [6, 6.07) is 13.2. The fraction of sp³-hybridized carbons (Fsp3) is 0.263. The monoisotopic (exact) mass is 404 g/mol. The first-order valence-corrected chi connectivity index (χ1v) is 8.81. The molecule has 0 heterocycles. The van der Waals surface area contributed by atoms with Crippen LogP contribution in [-0.2, 0) is 4.79 Å². The standard InChI is InChI=1S/C19H21BrN2O3/c1-3-9-24-18-8-7-16(20)11-15(18)12-21-22-19(23)13-25-17-6-4-5-14(2)10-17/h4-8,10-12H,3,9,13H2,1-2H3,(H,22,23)/b21-12-. The molecule has 0 aromatic heterocycles. The van der Waals surface area contributed by atoms with Gasteiger partial charge < -0.3 is 9.47 Å². The van der Waals surface area contributed by atoms with Gasteiger partial charge in [-0.1, -0.05) is 35.0 Å². The van der Waals surface area contributed by atoms with E-state index in [1.807, 2.05) is 56.3 Å². The molecule has 2 rings (SSSR count). The Kier molecular flexibility index (Phi) is 7.47. The quantitative estimate of drug-likeness (QED) is 0.532. The molecule has 0 aliphatic carbocycles. The van der Waals surface area contributed by atoms with Crippen molar-refractivity contribution in [3.8, 4) is 11.5 Å². The maximum absolute atomic E-state index is 11.8. The van der Waals surface area contributed by atoms with Crippen molar-refractivity contribution in [2.75, 3.05) is 13.2 Å². The molecule has 0 fully saturated rings. The van der Waals surface area contributed by atoms with Crippen LogP contribution in [-0.4, -0.2) is 25.3 Å². The molecule has 132 valence electrons. The molecule has 2 aromatic rings. The third-order valence-corrected chi connectivity index (χ3v) is 3.68. The van der Waals surface area contributed by atoms with Crippen molar-refractivity contribution < 1.29 is 14.3 Å². The summed E-state index contributed by atoms with van der Waals surface area (Å²) in [5.74, 6) is 1.05. The van der Waals surface area contributed by atoms with E-state index in [0.29, 0.717) is 12.4 Å². The van der Waals surface area contributed by atoms with Crippen LogP contribution >= 0.6 is 15.9 Å². The van der Waals surface area contributed by atoms with Crippen LogP contribution in [0.3, 0.4) is 0 Å². The molecule has 25 heavy (non-hydrogen) atoms. The molecular weight excluding hydrogens is 384 g/mol. The second kappa shape index (κ2) is 9.84. The molecule has 0 aliphatic heterocycles. The number of carbonyl (C=O) groups excluding carboxylic acids is 1. The van der Waals surface area contributed by atoms with Crippen molar-refractivity contribution in [1.29, 1.82) is 0 Å². The first-order valence-electron chi connectivity index (χ1n) is 8.02. The van der Waals surface area contributed by atoms with Gasteiger partial charge in [-0.3, -0.25) is 4.79 Å². The fourth-order valence-corrected chi connectivity index (χ4v) is 2.40. The SMILES string of the molecule is CCCOc1ccc(Br)cc1/C=N\NC(=O)COc1cccc(C)c1. The molecule has 0 atom stereocenters. The average Bonchev–Trinajstić information content (AvgIpc) is 2.59. The maximum atomic E-state index is 11.8. The highest BCUT2D eigenvalue weighted by molar-refractivity contribution is 9.10. The highest BCUT2D eigenvalue weighted by atomic mass is 79.9. The zero-order chi connectivity index (χ0) is 18.1. The molecule has 0 saturated heterocycles. The van der Waals surface area contributed by atoms with Crippen molar-refractivity contribution in [2.24, 2.45) is 5.10 Å². The Labute approximate surface area is 156 Å². The van der Waals surface area contributed by atoms with E-state index in [1.54, 1.807) is 6.21 Å². The Hall–Kier alpha value is -2.34. The number of benzene rings is 2. The Morgan fingerprint density at radius 3 is 2.84 bits per heavy atom. The Balaban J connectivity index is 1.89. The first kappa shape index (κ1) is 19.0. The molecular formula is C19H21BrN2O3. The van der Waals surface area contributed by atoms with E-state index in [-0.39, 0.29) is 12.5 Å². The van der Waals surface area contributed by atoms with E-state index < -0.39 is 0 Å². The molecule has 0 unspecified atom stereocenters. The van der Waals surface area contributed by atoms with E-state index >= 15 is 0 Å². The van der Waals surface area contributed by atoms with Crippen LogP contribution in [0.15, 0.2) is 52.0 Å². The van der Waals surface area contributed by atoms with Gasteiger partial charge in [0, 0.05) is 10.0 Å². The van der Waals surface area contributed by atoms with Crippen LogP contribution in [0.2, 0.25) is 0 Å². The topological polar surface area (TPSA) is 59.9 Å². The number of rotatable bonds is 8. The molecule has 6 heteroatoms. The smallest absolute Gasteiger partial charge is 0.277 e. The average molecular weight is 405 g/mol. The molecule has 0 saturated carbocycles. The highest BCUT2D eigenvalue weighted by Gasteiger charge is 2.04. The number of hydrazone groups is 1. The van der Waals surface area contributed by atoms with E-state index in [0.717, 1.165) is 27.8 Å². The second-order valence-electron chi connectivity index (χ2n) is 5.43. The first-order chi connectivity index (χ1) is 12.1. The van der Waals surface area contributed by atoms with Crippen LogP contribution in [0.25, 0.3) is 0 Å². The van der Waals surface area contributed by atoms with Crippen LogP contribution in [0.5, 0.6) is 11.5 Å². The summed E-state index contributed by atoms with van der Waals surface area (Å²) in [7, 11) is 0. The number of amides is 1. The normalized spacial score (nSPS) is 10.7. The van der Waals surface area contributed by atoms with E-state index in [1.165, 1.54) is 0 Å². The predicted octanol–water partition coefficient (Wildman–Crippen LogP) is 4.08. The number of halogens is 1. The Morgan fingerprint density at radius 2 is 2.08 bits per heavy atom. The maximum Gasteiger partial charge on any atom is 0.277 e. The molecule has 0 radical (unpaired) electrons. The summed E-state index contributed by atoms with van der Waals surface area (Å²) in [4.78, 5) is 11.8. The van der Waals surface area contributed by atoms with Gasteiger partial charge in [0.05, 0.1) is 12.8 Å². The second-order valence-corrected chi connectivity index (χ2v) is 6.34. The summed E-state index contributed by atoms with van der Waals surface area (Å²) in [6.45, 7) is 4.53. The molecule has 0 aliphatic rings. The minimum atomic E-state index is -0.330. The third kappa shape index (κ3) is 6.58. The molecule has 5 nitrogen and oxygen atoms in total. The lowest BCUT2D eigenvalue weighted by Crippen LogP contribution is -2.24. The van der Waals surface area contributed by atoms with Crippen molar-refractivity contribution in [1.82, 2.24) is 5.43 Å². The largest absolute Gasteiger partial charge is 0.493 e. The number of nitrogens with zero attached hydrogens (tertiary/aromatic N) is 1.